The molecule has 0 spiro atoms. The van der Waals surface area contributed by atoms with Gasteiger partial charge in [0.05, 0.1) is 0 Å². The van der Waals surface area contributed by atoms with Gasteiger partial charge in [0.1, 0.15) is 0 Å². The van der Waals surface area contributed by atoms with Gasteiger partial charge in [0.15, 0.2) is 23.0 Å². The molecule has 0 saturated carbocycles. The summed E-state index contributed by atoms with van der Waals surface area (Å²) >= 11 is 0. The smallest absolute Gasteiger partial charge is 0.231 e. The van der Waals surface area contributed by atoms with Gasteiger partial charge in [-0.1, -0.05) is 93.1 Å². The van der Waals surface area contributed by atoms with Crippen LogP contribution in [0, 0.1) is 0 Å². The molecule has 2 heterocycles. The zero-order valence-electron chi connectivity index (χ0n) is 22.2. The van der Waals surface area contributed by atoms with Crippen LogP contribution in [-0.2, 0) is 5.41 Å². The van der Waals surface area contributed by atoms with Gasteiger partial charge in [-0.15, -0.1) is 0 Å². The zero-order valence-corrected chi connectivity index (χ0v) is 22.2. The number of ether oxygens (including phenoxy) is 4. The highest BCUT2D eigenvalue weighted by Gasteiger charge is 2.38. The van der Waals surface area contributed by atoms with Crippen molar-refractivity contribution >= 4 is 24.3 Å². The maximum absolute atomic E-state index is 5.54. The summed E-state index contributed by atoms with van der Waals surface area (Å²) in [5.74, 6) is 3.23. The maximum Gasteiger partial charge on any atom is 0.231 e. The molecule has 4 aromatic rings. The lowest BCUT2D eigenvalue weighted by atomic mass is 9.76. The first-order valence-electron chi connectivity index (χ1n) is 13.6. The Bertz CT molecular complexity index is 1530. The first kappa shape index (κ1) is 23.7. The van der Waals surface area contributed by atoms with E-state index in [1.54, 1.807) is 0 Å². The van der Waals surface area contributed by atoms with Crippen molar-refractivity contribution in [2.24, 2.45) is 0 Å². The second-order valence-corrected chi connectivity index (χ2v) is 10.6. The predicted octanol–water partition coefficient (Wildman–Crippen LogP) is 8.57. The summed E-state index contributed by atoms with van der Waals surface area (Å²) in [6.45, 7) is 5.26. The fourth-order valence-corrected chi connectivity index (χ4v) is 6.05. The minimum Gasteiger partial charge on any atom is -0.454 e. The molecular formula is C35H30O4. The quantitative estimate of drug-likeness (QED) is 0.242. The Morgan fingerprint density at radius 2 is 0.974 bits per heavy atom. The summed E-state index contributed by atoms with van der Waals surface area (Å²) in [4.78, 5) is 0. The molecule has 0 aromatic heterocycles. The van der Waals surface area contributed by atoms with Crippen LogP contribution in [0.25, 0.3) is 35.4 Å². The number of hydrogen-bond donors (Lipinski definition) is 0. The molecular weight excluding hydrogens is 484 g/mol. The minimum absolute atomic E-state index is 0.0371. The highest BCUT2D eigenvalue weighted by molar-refractivity contribution is 5.85. The van der Waals surface area contributed by atoms with E-state index < -0.39 is 0 Å². The fraction of sp³-hybridized carbons (Fsp3) is 0.200. The highest BCUT2D eigenvalue weighted by Crippen LogP contribution is 2.52. The molecule has 39 heavy (non-hydrogen) atoms. The van der Waals surface area contributed by atoms with Crippen molar-refractivity contribution in [3.63, 3.8) is 0 Å². The van der Waals surface area contributed by atoms with E-state index in [0.717, 1.165) is 47.0 Å². The maximum atomic E-state index is 5.54. The third-order valence-electron chi connectivity index (χ3n) is 8.05. The van der Waals surface area contributed by atoms with E-state index in [2.05, 4.69) is 86.7 Å². The molecule has 194 valence electrons. The Labute approximate surface area is 229 Å². The number of rotatable bonds is 6. The van der Waals surface area contributed by atoms with Crippen molar-refractivity contribution in [3.05, 3.63) is 106 Å². The molecule has 0 unspecified atom stereocenters. The van der Waals surface area contributed by atoms with E-state index in [0.29, 0.717) is 13.6 Å². The van der Waals surface area contributed by atoms with Crippen LogP contribution in [0.5, 0.6) is 23.0 Å². The Morgan fingerprint density at radius 3 is 1.44 bits per heavy atom. The van der Waals surface area contributed by atoms with Gasteiger partial charge >= 0.3 is 0 Å². The molecule has 1 aliphatic carbocycles. The van der Waals surface area contributed by atoms with E-state index in [4.69, 9.17) is 18.9 Å². The van der Waals surface area contributed by atoms with E-state index in [1.807, 2.05) is 24.3 Å². The van der Waals surface area contributed by atoms with E-state index in [1.165, 1.54) is 33.4 Å². The van der Waals surface area contributed by atoms with Gasteiger partial charge in [-0.2, -0.15) is 0 Å². The molecule has 0 amide bonds. The molecule has 0 bridgehead atoms. The van der Waals surface area contributed by atoms with Crippen molar-refractivity contribution in [2.75, 3.05) is 13.6 Å². The summed E-state index contributed by atoms with van der Waals surface area (Å²) in [6.07, 6.45) is 10.9. The first-order valence-corrected chi connectivity index (χ1v) is 13.6. The number of benzene rings is 4. The molecule has 0 fully saturated rings. The molecule has 0 atom stereocenters. The van der Waals surface area contributed by atoms with E-state index in [-0.39, 0.29) is 5.41 Å². The summed E-state index contributed by atoms with van der Waals surface area (Å²) in [5, 5.41) is 0. The predicted molar refractivity (Wildman–Crippen MR) is 156 cm³/mol. The number of fused-ring (bicyclic) bond motifs is 5. The SMILES string of the molecule is CCCC1(C)c2cc(/C=C/c3ccc4c(c3)OCO4)ccc2-c2ccc(/C=C/c3ccc4c(c3)OCO4)cc21. The zero-order chi connectivity index (χ0) is 26.4. The van der Waals surface area contributed by atoms with Gasteiger partial charge in [0.2, 0.25) is 13.6 Å². The fourth-order valence-electron chi connectivity index (χ4n) is 6.05. The van der Waals surface area contributed by atoms with E-state index >= 15 is 0 Å². The van der Waals surface area contributed by atoms with Gasteiger partial charge in [-0.3, -0.25) is 0 Å². The van der Waals surface area contributed by atoms with Gasteiger partial charge in [-0.05, 0) is 75.2 Å². The van der Waals surface area contributed by atoms with Crippen molar-refractivity contribution in [1.82, 2.24) is 0 Å². The van der Waals surface area contributed by atoms with Crippen LogP contribution in [0.3, 0.4) is 0 Å². The van der Waals surface area contributed by atoms with Crippen molar-refractivity contribution in [1.29, 1.82) is 0 Å². The van der Waals surface area contributed by atoms with Crippen LogP contribution in [0.4, 0.5) is 0 Å². The normalized spacial score (nSPS) is 15.7. The lowest BCUT2D eigenvalue weighted by Crippen LogP contribution is -2.20. The molecule has 4 aromatic carbocycles. The third-order valence-corrected chi connectivity index (χ3v) is 8.05. The van der Waals surface area contributed by atoms with Crippen molar-refractivity contribution < 1.29 is 18.9 Å². The largest absolute Gasteiger partial charge is 0.454 e. The average molecular weight is 515 g/mol. The molecule has 0 radical (unpaired) electrons. The summed E-state index contributed by atoms with van der Waals surface area (Å²) < 4.78 is 22.0. The second-order valence-electron chi connectivity index (χ2n) is 10.6. The monoisotopic (exact) mass is 514 g/mol. The van der Waals surface area contributed by atoms with Crippen LogP contribution in [0.2, 0.25) is 0 Å². The summed E-state index contributed by atoms with van der Waals surface area (Å²) in [6, 6.07) is 25.9. The van der Waals surface area contributed by atoms with Gasteiger partial charge < -0.3 is 18.9 Å². The Hall–Kier alpha value is -4.44. The highest BCUT2D eigenvalue weighted by atomic mass is 16.7. The van der Waals surface area contributed by atoms with Crippen LogP contribution < -0.4 is 18.9 Å². The third kappa shape index (κ3) is 4.17. The summed E-state index contributed by atoms with van der Waals surface area (Å²) in [5.41, 5.74) is 10.0. The van der Waals surface area contributed by atoms with Crippen molar-refractivity contribution in [2.45, 2.75) is 32.1 Å². The summed E-state index contributed by atoms with van der Waals surface area (Å²) in [7, 11) is 0. The topological polar surface area (TPSA) is 36.9 Å². The van der Waals surface area contributed by atoms with Gasteiger partial charge in [0, 0.05) is 5.41 Å². The van der Waals surface area contributed by atoms with Crippen molar-refractivity contribution in [3.8, 4) is 34.1 Å². The first-order chi connectivity index (χ1) is 19.1. The Balaban J connectivity index is 1.19. The van der Waals surface area contributed by atoms with Crippen LogP contribution >= 0.6 is 0 Å². The average Bonchev–Trinajstić information content (AvgIpc) is 3.68. The van der Waals surface area contributed by atoms with Crippen LogP contribution in [-0.4, -0.2) is 13.6 Å². The molecule has 2 aliphatic heterocycles. The Kier molecular flexibility index (Phi) is 5.70. The number of hydrogen-bond acceptors (Lipinski definition) is 4. The van der Waals surface area contributed by atoms with E-state index in [9.17, 15) is 0 Å². The molecule has 0 saturated heterocycles. The van der Waals surface area contributed by atoms with Gasteiger partial charge in [0.25, 0.3) is 0 Å². The molecule has 3 aliphatic rings. The lowest BCUT2D eigenvalue weighted by Gasteiger charge is -2.27. The van der Waals surface area contributed by atoms with Crippen LogP contribution in [0.1, 0.15) is 60.1 Å². The molecule has 4 nitrogen and oxygen atoms in total. The molecule has 4 heteroatoms. The standard InChI is InChI=1S/C35H30O4/c1-3-16-35(2)29-17-23(4-6-25-10-14-31-33(19-25)38-21-36-31)8-12-27(29)28-13-9-24(18-30(28)35)5-7-26-11-15-32-34(20-26)39-22-37-32/h4-15,17-20H,3,16,21-22H2,1-2H3/b6-4+,7-5+. The Morgan fingerprint density at radius 1 is 0.564 bits per heavy atom. The lowest BCUT2D eigenvalue weighted by molar-refractivity contribution is 0.173. The second kappa shape index (κ2) is 9.39. The molecule has 7 rings (SSSR count). The molecule has 0 N–H and O–H groups in total. The van der Waals surface area contributed by atoms with Gasteiger partial charge in [-0.25, -0.2) is 0 Å². The minimum atomic E-state index is -0.0371. The van der Waals surface area contributed by atoms with Crippen LogP contribution in [0.15, 0.2) is 72.8 Å².